The molecular weight excluding hydrogens is 239 g/mol. The van der Waals surface area contributed by atoms with Crippen molar-refractivity contribution in [2.45, 2.75) is 38.9 Å². The van der Waals surface area contributed by atoms with Crippen LogP contribution in [0.2, 0.25) is 0 Å². The Morgan fingerprint density at radius 1 is 1.16 bits per heavy atom. The summed E-state index contributed by atoms with van der Waals surface area (Å²) in [5.41, 5.74) is 0.231. The Kier molecular flexibility index (Phi) is 3.74. The first kappa shape index (κ1) is 14.2. The Bertz CT molecular complexity index is 452. The second kappa shape index (κ2) is 5.02. The third kappa shape index (κ3) is 2.70. The summed E-state index contributed by atoms with van der Waals surface area (Å²) in [4.78, 5) is 0. The average Bonchev–Trinajstić information content (AvgIpc) is 2.56. The van der Waals surface area contributed by atoms with Crippen LogP contribution < -0.4 is 10.2 Å². The van der Waals surface area contributed by atoms with Crippen LogP contribution in [0.15, 0.2) is 36.9 Å². The number of para-hydroxylation sites is 1. The van der Waals surface area contributed by atoms with Crippen LogP contribution >= 0.6 is 0 Å². The molecule has 4 heteroatoms. The van der Waals surface area contributed by atoms with Gasteiger partial charge >= 0.3 is 7.12 Å². The highest BCUT2D eigenvalue weighted by atomic mass is 16.7. The number of hydrogen-bond acceptors (Lipinski definition) is 3. The summed E-state index contributed by atoms with van der Waals surface area (Å²) in [6, 6.07) is 7.79. The van der Waals surface area contributed by atoms with E-state index in [1.165, 1.54) is 0 Å². The van der Waals surface area contributed by atoms with Gasteiger partial charge in [-0.15, -0.1) is 0 Å². The lowest BCUT2D eigenvalue weighted by Gasteiger charge is -2.32. The summed E-state index contributed by atoms with van der Waals surface area (Å²) in [5.74, 6) is 0.779. The molecule has 2 rings (SSSR count). The summed E-state index contributed by atoms with van der Waals surface area (Å²) in [6.45, 7) is 12.3. The SMILES string of the molecule is C=CCOc1ccccc1B1OC(C)(C)C(C)(C)O1. The van der Waals surface area contributed by atoms with Crippen LogP contribution in [-0.4, -0.2) is 24.9 Å². The van der Waals surface area contributed by atoms with Crippen LogP contribution in [0, 0.1) is 0 Å². The molecule has 1 aromatic carbocycles. The number of benzene rings is 1. The van der Waals surface area contributed by atoms with Crippen LogP contribution in [0.3, 0.4) is 0 Å². The zero-order chi connectivity index (χ0) is 14.1. The fourth-order valence-electron chi connectivity index (χ4n) is 1.93. The average molecular weight is 260 g/mol. The molecule has 0 saturated carbocycles. The molecule has 0 atom stereocenters. The monoisotopic (exact) mass is 260 g/mol. The minimum atomic E-state index is -0.397. The molecule has 0 N–H and O–H groups in total. The van der Waals surface area contributed by atoms with Crippen LogP contribution in [0.25, 0.3) is 0 Å². The van der Waals surface area contributed by atoms with Crippen molar-refractivity contribution in [1.82, 2.24) is 0 Å². The van der Waals surface area contributed by atoms with Gasteiger partial charge < -0.3 is 14.0 Å². The number of rotatable bonds is 4. The summed E-state index contributed by atoms with van der Waals surface area (Å²) in [6.07, 6.45) is 1.72. The molecule has 3 nitrogen and oxygen atoms in total. The lowest BCUT2D eigenvalue weighted by atomic mass is 9.78. The second-order valence-corrected chi connectivity index (χ2v) is 5.73. The van der Waals surface area contributed by atoms with E-state index in [-0.39, 0.29) is 11.2 Å². The molecular formula is C15H21BO3. The zero-order valence-electron chi connectivity index (χ0n) is 12.1. The lowest BCUT2D eigenvalue weighted by Crippen LogP contribution is -2.41. The van der Waals surface area contributed by atoms with Crippen LogP contribution in [0.4, 0.5) is 0 Å². The Morgan fingerprint density at radius 2 is 1.74 bits per heavy atom. The minimum Gasteiger partial charge on any atom is -0.490 e. The van der Waals surface area contributed by atoms with Gasteiger partial charge in [-0.25, -0.2) is 0 Å². The van der Waals surface area contributed by atoms with Crippen LogP contribution in [0.5, 0.6) is 5.75 Å². The smallest absolute Gasteiger partial charge is 0.490 e. The molecule has 1 aliphatic heterocycles. The maximum Gasteiger partial charge on any atom is 0.498 e. The van der Waals surface area contributed by atoms with Crippen LogP contribution in [-0.2, 0) is 9.31 Å². The first-order valence-corrected chi connectivity index (χ1v) is 6.55. The molecule has 1 fully saturated rings. The fourth-order valence-corrected chi connectivity index (χ4v) is 1.93. The minimum absolute atomic E-state index is 0.344. The van der Waals surface area contributed by atoms with E-state index < -0.39 is 7.12 Å². The summed E-state index contributed by atoms with van der Waals surface area (Å²) in [7, 11) is -0.397. The molecule has 0 aliphatic carbocycles. The Hall–Kier alpha value is -1.26. The van der Waals surface area contributed by atoms with Gasteiger partial charge in [0.1, 0.15) is 12.4 Å². The van der Waals surface area contributed by atoms with Gasteiger partial charge in [0.05, 0.1) is 11.2 Å². The first-order chi connectivity index (χ1) is 8.87. The van der Waals surface area contributed by atoms with Gasteiger partial charge in [-0.1, -0.05) is 30.9 Å². The maximum atomic E-state index is 6.04. The lowest BCUT2D eigenvalue weighted by molar-refractivity contribution is 0.00578. The second-order valence-electron chi connectivity index (χ2n) is 5.73. The van der Waals surface area contributed by atoms with Gasteiger partial charge in [-0.05, 0) is 33.8 Å². The van der Waals surface area contributed by atoms with E-state index in [0.717, 1.165) is 11.2 Å². The van der Waals surface area contributed by atoms with Crippen molar-refractivity contribution in [3.05, 3.63) is 36.9 Å². The summed E-state index contributed by atoms with van der Waals surface area (Å²) < 4.78 is 17.7. The molecule has 1 aromatic rings. The Labute approximate surface area is 115 Å². The quantitative estimate of drug-likeness (QED) is 0.615. The van der Waals surface area contributed by atoms with E-state index in [2.05, 4.69) is 6.58 Å². The third-order valence-electron chi connectivity index (χ3n) is 3.78. The van der Waals surface area contributed by atoms with Crippen molar-refractivity contribution in [2.75, 3.05) is 6.61 Å². The molecule has 0 aromatic heterocycles. The largest absolute Gasteiger partial charge is 0.498 e. The Morgan fingerprint density at radius 3 is 2.32 bits per heavy atom. The molecule has 0 bridgehead atoms. The zero-order valence-corrected chi connectivity index (χ0v) is 12.1. The number of ether oxygens (including phenoxy) is 1. The highest BCUT2D eigenvalue weighted by Crippen LogP contribution is 2.37. The molecule has 0 amide bonds. The highest BCUT2D eigenvalue weighted by molar-refractivity contribution is 6.63. The fraction of sp³-hybridized carbons (Fsp3) is 0.467. The number of hydrogen-bond donors (Lipinski definition) is 0. The predicted molar refractivity (Wildman–Crippen MR) is 77.9 cm³/mol. The van der Waals surface area contributed by atoms with Crippen LogP contribution in [0.1, 0.15) is 27.7 Å². The van der Waals surface area contributed by atoms with Crippen molar-refractivity contribution in [3.8, 4) is 5.75 Å². The molecule has 1 aliphatic rings. The summed E-state index contributed by atoms with van der Waals surface area (Å²) in [5, 5.41) is 0. The van der Waals surface area contributed by atoms with E-state index in [4.69, 9.17) is 14.0 Å². The van der Waals surface area contributed by atoms with Crippen molar-refractivity contribution in [1.29, 1.82) is 0 Å². The molecule has 0 spiro atoms. The van der Waals surface area contributed by atoms with E-state index >= 15 is 0 Å². The van der Waals surface area contributed by atoms with Crippen molar-refractivity contribution in [2.24, 2.45) is 0 Å². The molecule has 1 heterocycles. The van der Waals surface area contributed by atoms with Crippen molar-refractivity contribution < 1.29 is 14.0 Å². The van der Waals surface area contributed by atoms with Gasteiger partial charge in [-0.2, -0.15) is 0 Å². The van der Waals surface area contributed by atoms with E-state index in [0.29, 0.717) is 6.61 Å². The van der Waals surface area contributed by atoms with Gasteiger partial charge in [-0.3, -0.25) is 0 Å². The normalized spacial score (nSPS) is 20.3. The van der Waals surface area contributed by atoms with Gasteiger partial charge in [0, 0.05) is 5.46 Å². The maximum absolute atomic E-state index is 6.04. The molecule has 102 valence electrons. The highest BCUT2D eigenvalue weighted by Gasteiger charge is 2.52. The van der Waals surface area contributed by atoms with E-state index in [1.807, 2.05) is 52.0 Å². The topological polar surface area (TPSA) is 27.7 Å². The van der Waals surface area contributed by atoms with Gasteiger partial charge in [0.15, 0.2) is 0 Å². The standard InChI is InChI=1S/C15H21BO3/c1-6-11-17-13-10-8-7-9-12(13)16-18-14(2,3)15(4,5)19-16/h6-10H,1,11H2,2-5H3. The van der Waals surface area contributed by atoms with E-state index in [9.17, 15) is 0 Å². The van der Waals surface area contributed by atoms with Gasteiger partial charge in [0.2, 0.25) is 0 Å². The predicted octanol–water partition coefficient (Wildman–Crippen LogP) is 2.55. The van der Waals surface area contributed by atoms with E-state index in [1.54, 1.807) is 6.08 Å². The summed E-state index contributed by atoms with van der Waals surface area (Å²) >= 11 is 0. The molecule has 0 unspecified atom stereocenters. The van der Waals surface area contributed by atoms with Crippen molar-refractivity contribution in [3.63, 3.8) is 0 Å². The van der Waals surface area contributed by atoms with Crippen molar-refractivity contribution >= 4 is 12.6 Å². The molecule has 19 heavy (non-hydrogen) atoms. The molecule has 1 saturated heterocycles. The molecule has 0 radical (unpaired) electrons. The first-order valence-electron chi connectivity index (χ1n) is 6.55. The third-order valence-corrected chi connectivity index (χ3v) is 3.78. The Balaban J connectivity index is 2.26. The van der Waals surface area contributed by atoms with Gasteiger partial charge in [0.25, 0.3) is 0 Å².